The zero-order valence-electron chi connectivity index (χ0n) is 13.5. The second-order valence-corrected chi connectivity index (χ2v) is 6.35. The van der Waals surface area contributed by atoms with Gasteiger partial charge in [-0.25, -0.2) is 0 Å². The van der Waals surface area contributed by atoms with Gasteiger partial charge in [-0.2, -0.15) is 0 Å². The molecule has 0 spiro atoms. The second-order valence-electron chi connectivity index (χ2n) is 6.35. The number of aliphatic carboxylic acids is 1. The highest BCUT2D eigenvalue weighted by Gasteiger charge is 2.30. The molecule has 2 amide bonds. The molecule has 22 heavy (non-hydrogen) atoms. The van der Waals surface area contributed by atoms with Crippen LogP contribution in [0.3, 0.4) is 0 Å². The summed E-state index contributed by atoms with van der Waals surface area (Å²) in [5, 5.41) is 14.1. The Bertz CT molecular complexity index is 417. The lowest BCUT2D eigenvalue weighted by molar-refractivity contribution is -0.139. The largest absolute Gasteiger partial charge is 0.481 e. The highest BCUT2D eigenvalue weighted by atomic mass is 16.4. The number of carboxylic acids is 1. The summed E-state index contributed by atoms with van der Waals surface area (Å²) in [6.45, 7) is 5.80. The molecule has 7 nitrogen and oxygen atoms in total. The average molecular weight is 313 g/mol. The molecule has 0 aromatic carbocycles. The van der Waals surface area contributed by atoms with Crippen molar-refractivity contribution in [1.82, 2.24) is 10.6 Å². The third-order valence-corrected chi connectivity index (χ3v) is 4.34. The van der Waals surface area contributed by atoms with Crippen LogP contribution in [0.25, 0.3) is 0 Å². The molecule has 5 atom stereocenters. The van der Waals surface area contributed by atoms with Gasteiger partial charge in [0.25, 0.3) is 0 Å². The van der Waals surface area contributed by atoms with Crippen molar-refractivity contribution in [3.8, 4) is 0 Å². The van der Waals surface area contributed by atoms with E-state index in [0.29, 0.717) is 11.8 Å². The number of nitrogens with two attached hydrogens (primary N) is 1. The molecule has 0 aromatic rings. The minimum Gasteiger partial charge on any atom is -0.481 e. The molecule has 126 valence electrons. The molecule has 0 unspecified atom stereocenters. The van der Waals surface area contributed by atoms with Crippen LogP contribution in [-0.2, 0) is 14.4 Å². The summed E-state index contributed by atoms with van der Waals surface area (Å²) in [4.78, 5) is 34.5. The first kappa shape index (κ1) is 18.4. The van der Waals surface area contributed by atoms with Crippen LogP contribution in [0.1, 0.15) is 46.5 Å². The third kappa shape index (κ3) is 5.29. The molecule has 1 saturated carbocycles. The minimum absolute atomic E-state index is 0.105. The van der Waals surface area contributed by atoms with E-state index in [4.69, 9.17) is 10.8 Å². The van der Waals surface area contributed by atoms with Gasteiger partial charge in [-0.05, 0) is 31.6 Å². The average Bonchev–Trinajstić information content (AvgIpc) is 2.41. The van der Waals surface area contributed by atoms with Gasteiger partial charge in [0.15, 0.2) is 0 Å². The van der Waals surface area contributed by atoms with E-state index in [0.717, 1.165) is 12.8 Å². The normalized spacial score (nSPS) is 27.5. The minimum atomic E-state index is -1.15. The number of nitrogens with one attached hydrogen (secondary N) is 2. The second kappa shape index (κ2) is 8.12. The SMILES string of the molecule is C[C@@H]1CCC[C@H](C)[C@H]1NC(=O)[C@@H](C)NC(=O)[C@@H](N)CC(=O)O. The maximum atomic E-state index is 12.2. The van der Waals surface area contributed by atoms with Gasteiger partial charge in [0.2, 0.25) is 11.8 Å². The molecule has 7 heteroatoms. The topological polar surface area (TPSA) is 122 Å². The first-order valence-corrected chi connectivity index (χ1v) is 7.80. The van der Waals surface area contributed by atoms with Crippen LogP contribution >= 0.6 is 0 Å². The first-order valence-electron chi connectivity index (χ1n) is 7.80. The maximum absolute atomic E-state index is 12.2. The van der Waals surface area contributed by atoms with Crippen molar-refractivity contribution in [3.05, 3.63) is 0 Å². The van der Waals surface area contributed by atoms with Crippen molar-refractivity contribution in [1.29, 1.82) is 0 Å². The van der Waals surface area contributed by atoms with E-state index in [1.807, 2.05) is 0 Å². The van der Waals surface area contributed by atoms with Gasteiger partial charge in [0.05, 0.1) is 12.5 Å². The van der Waals surface area contributed by atoms with Gasteiger partial charge in [-0.1, -0.05) is 20.3 Å². The predicted octanol–water partition coefficient (Wildman–Crippen LogP) is 0.234. The highest BCUT2D eigenvalue weighted by Crippen LogP contribution is 2.28. The molecule has 0 bridgehead atoms. The van der Waals surface area contributed by atoms with E-state index in [1.54, 1.807) is 6.92 Å². The number of amides is 2. The Kier molecular flexibility index (Phi) is 6.80. The van der Waals surface area contributed by atoms with E-state index in [2.05, 4.69) is 24.5 Å². The summed E-state index contributed by atoms with van der Waals surface area (Å²) >= 11 is 0. The summed E-state index contributed by atoms with van der Waals surface area (Å²) < 4.78 is 0. The summed E-state index contributed by atoms with van der Waals surface area (Å²) in [5.41, 5.74) is 5.47. The van der Waals surface area contributed by atoms with Crippen LogP contribution in [0, 0.1) is 11.8 Å². The van der Waals surface area contributed by atoms with Crippen molar-refractivity contribution in [2.24, 2.45) is 17.6 Å². The molecule has 0 radical (unpaired) electrons. The van der Waals surface area contributed by atoms with Gasteiger partial charge >= 0.3 is 5.97 Å². The highest BCUT2D eigenvalue weighted by molar-refractivity contribution is 5.91. The van der Waals surface area contributed by atoms with E-state index in [1.165, 1.54) is 6.42 Å². The van der Waals surface area contributed by atoms with Gasteiger partial charge in [-0.3, -0.25) is 14.4 Å². The van der Waals surface area contributed by atoms with Crippen LogP contribution in [0.2, 0.25) is 0 Å². The number of carbonyl (C=O) groups is 3. The fourth-order valence-electron chi connectivity index (χ4n) is 2.92. The van der Waals surface area contributed by atoms with Gasteiger partial charge in [0, 0.05) is 6.04 Å². The Balaban J connectivity index is 2.50. The monoisotopic (exact) mass is 313 g/mol. The molecule has 0 aliphatic heterocycles. The van der Waals surface area contributed by atoms with E-state index in [-0.39, 0.29) is 11.9 Å². The Morgan fingerprint density at radius 3 is 2.23 bits per heavy atom. The molecule has 1 fully saturated rings. The lowest BCUT2D eigenvalue weighted by Crippen LogP contribution is -2.54. The predicted molar refractivity (Wildman–Crippen MR) is 81.9 cm³/mol. The smallest absolute Gasteiger partial charge is 0.305 e. The molecular weight excluding hydrogens is 286 g/mol. The van der Waals surface area contributed by atoms with Gasteiger partial charge in [-0.15, -0.1) is 0 Å². The number of hydrogen-bond acceptors (Lipinski definition) is 4. The maximum Gasteiger partial charge on any atom is 0.305 e. The van der Waals surface area contributed by atoms with Crippen molar-refractivity contribution in [3.63, 3.8) is 0 Å². The van der Waals surface area contributed by atoms with Crippen LogP contribution < -0.4 is 16.4 Å². The van der Waals surface area contributed by atoms with Crippen LogP contribution in [0.5, 0.6) is 0 Å². The standard InChI is InChI=1S/C15H27N3O4/c1-8-5-4-6-9(2)13(8)18-14(21)10(3)17-15(22)11(16)7-12(19)20/h8-11,13H,4-7,16H2,1-3H3,(H,17,22)(H,18,21)(H,19,20)/t8-,9+,10-,11+,13+/m1/s1. The Hall–Kier alpha value is -1.63. The first-order chi connectivity index (χ1) is 10.2. The fourth-order valence-corrected chi connectivity index (χ4v) is 2.92. The van der Waals surface area contributed by atoms with Crippen LogP contribution in [-0.4, -0.2) is 41.0 Å². The molecule has 5 N–H and O–H groups in total. The molecular formula is C15H27N3O4. The Morgan fingerprint density at radius 1 is 1.18 bits per heavy atom. The number of carboxylic acid groups (broad SMARTS) is 1. The van der Waals surface area contributed by atoms with E-state index < -0.39 is 30.4 Å². The van der Waals surface area contributed by atoms with Gasteiger partial charge in [0.1, 0.15) is 6.04 Å². The molecule has 0 aromatic heterocycles. The summed E-state index contributed by atoms with van der Waals surface area (Å²) in [6, 6.07) is -1.79. The lowest BCUT2D eigenvalue weighted by atomic mass is 9.78. The van der Waals surface area contributed by atoms with Crippen LogP contribution in [0.4, 0.5) is 0 Å². The molecule has 1 aliphatic carbocycles. The molecule has 1 rings (SSSR count). The zero-order valence-corrected chi connectivity index (χ0v) is 13.5. The summed E-state index contributed by atoms with van der Waals surface area (Å²) in [6.07, 6.45) is 2.88. The number of carbonyl (C=O) groups excluding carboxylic acids is 2. The summed E-state index contributed by atoms with van der Waals surface area (Å²) in [5.74, 6) is -1.23. The number of hydrogen-bond donors (Lipinski definition) is 4. The molecule has 0 heterocycles. The Morgan fingerprint density at radius 2 is 1.73 bits per heavy atom. The number of rotatable bonds is 6. The quantitative estimate of drug-likeness (QED) is 0.559. The molecule has 0 saturated heterocycles. The zero-order chi connectivity index (χ0) is 16.9. The van der Waals surface area contributed by atoms with Gasteiger partial charge < -0.3 is 21.5 Å². The fraction of sp³-hybridized carbons (Fsp3) is 0.800. The third-order valence-electron chi connectivity index (χ3n) is 4.34. The van der Waals surface area contributed by atoms with E-state index >= 15 is 0 Å². The van der Waals surface area contributed by atoms with Crippen molar-refractivity contribution >= 4 is 17.8 Å². The Labute approximate surface area is 131 Å². The van der Waals surface area contributed by atoms with Crippen LogP contribution in [0.15, 0.2) is 0 Å². The lowest BCUT2D eigenvalue weighted by Gasteiger charge is -2.35. The van der Waals surface area contributed by atoms with Crippen molar-refractivity contribution in [2.45, 2.75) is 64.6 Å². The summed E-state index contributed by atoms with van der Waals surface area (Å²) in [7, 11) is 0. The van der Waals surface area contributed by atoms with E-state index in [9.17, 15) is 14.4 Å². The van der Waals surface area contributed by atoms with Crippen molar-refractivity contribution < 1.29 is 19.5 Å². The van der Waals surface area contributed by atoms with Crippen molar-refractivity contribution in [2.75, 3.05) is 0 Å². The molecule has 1 aliphatic rings.